The van der Waals surface area contributed by atoms with Crippen molar-refractivity contribution in [1.82, 2.24) is 0 Å². The molecule has 2 rings (SSSR count). The number of ether oxygens (including phenoxy) is 3. The van der Waals surface area contributed by atoms with Crippen LogP contribution in [0, 0.1) is 5.82 Å². The van der Waals surface area contributed by atoms with Crippen molar-refractivity contribution in [3.8, 4) is 22.6 Å². The maximum atomic E-state index is 14.0. The molecule has 0 heterocycles. The van der Waals surface area contributed by atoms with Crippen molar-refractivity contribution in [2.45, 2.75) is 0 Å². The second kappa shape index (κ2) is 8.98. The molecule has 0 amide bonds. The van der Waals surface area contributed by atoms with Crippen molar-refractivity contribution in [3.63, 3.8) is 0 Å². The van der Waals surface area contributed by atoms with E-state index in [1.54, 1.807) is 30.3 Å². The normalized spacial score (nSPS) is 10.2. The molecular formula is C20H15FO5. The Morgan fingerprint density at radius 3 is 2.15 bits per heavy atom. The molecule has 0 radical (unpaired) electrons. The molecule has 0 saturated heterocycles. The first-order valence-corrected chi connectivity index (χ1v) is 7.42. The minimum Gasteiger partial charge on any atom is -0.462 e. The molecule has 0 spiro atoms. The molecule has 0 bridgehead atoms. The number of rotatable bonds is 7. The second-order valence-electron chi connectivity index (χ2n) is 4.83. The zero-order valence-corrected chi connectivity index (χ0v) is 13.7. The van der Waals surface area contributed by atoms with E-state index in [0.717, 1.165) is 24.0 Å². The van der Waals surface area contributed by atoms with Crippen molar-refractivity contribution in [1.29, 1.82) is 0 Å². The molecule has 2 aromatic rings. The lowest BCUT2D eigenvalue weighted by Crippen LogP contribution is -2.04. The summed E-state index contributed by atoms with van der Waals surface area (Å²) in [5.41, 5.74) is 1.34. The molecule has 5 nitrogen and oxygen atoms in total. The average Bonchev–Trinajstić information content (AvgIpc) is 2.67. The fourth-order valence-corrected chi connectivity index (χ4v) is 1.89. The van der Waals surface area contributed by atoms with Crippen LogP contribution >= 0.6 is 0 Å². The van der Waals surface area contributed by atoms with Gasteiger partial charge in [-0.15, -0.1) is 0 Å². The van der Waals surface area contributed by atoms with Gasteiger partial charge in [-0.05, 0) is 35.4 Å². The Morgan fingerprint density at radius 1 is 0.885 bits per heavy atom. The summed E-state index contributed by atoms with van der Waals surface area (Å²) in [4.78, 5) is 22.0. The van der Waals surface area contributed by atoms with E-state index in [9.17, 15) is 14.0 Å². The van der Waals surface area contributed by atoms with Crippen molar-refractivity contribution >= 4 is 11.9 Å². The zero-order chi connectivity index (χ0) is 18.9. The Kier molecular flexibility index (Phi) is 6.45. The Labute approximate surface area is 149 Å². The summed E-state index contributed by atoms with van der Waals surface area (Å²) < 4.78 is 28.7. The molecule has 26 heavy (non-hydrogen) atoms. The van der Waals surface area contributed by atoms with Gasteiger partial charge in [0.2, 0.25) is 0 Å². The highest BCUT2D eigenvalue weighted by atomic mass is 19.1. The Bertz CT molecular complexity index is 853. The van der Waals surface area contributed by atoms with Gasteiger partial charge in [0, 0.05) is 12.2 Å². The van der Waals surface area contributed by atoms with Crippen LogP contribution in [0.4, 0.5) is 4.39 Å². The van der Waals surface area contributed by atoms with Gasteiger partial charge in [-0.1, -0.05) is 31.4 Å². The van der Waals surface area contributed by atoms with E-state index < -0.39 is 17.8 Å². The van der Waals surface area contributed by atoms with Crippen molar-refractivity contribution in [3.05, 3.63) is 86.1 Å². The largest absolute Gasteiger partial charge is 0.462 e. The SMILES string of the molecule is C=CC(=O)O/C=C\Oc1ccc(-c2ccc(OC(=O)C=C)c(F)c2)cc1. The number of halogens is 1. The monoisotopic (exact) mass is 354 g/mol. The summed E-state index contributed by atoms with van der Waals surface area (Å²) >= 11 is 0. The quantitative estimate of drug-likeness (QED) is 0.323. The maximum Gasteiger partial charge on any atom is 0.335 e. The minimum absolute atomic E-state index is 0.169. The lowest BCUT2D eigenvalue weighted by atomic mass is 10.1. The molecule has 0 fully saturated rings. The second-order valence-corrected chi connectivity index (χ2v) is 4.83. The molecule has 2 aromatic carbocycles. The van der Waals surface area contributed by atoms with Gasteiger partial charge in [0.25, 0.3) is 0 Å². The van der Waals surface area contributed by atoms with Crippen LogP contribution in [0.3, 0.4) is 0 Å². The van der Waals surface area contributed by atoms with Crippen LogP contribution in [0.2, 0.25) is 0 Å². The van der Waals surface area contributed by atoms with Gasteiger partial charge >= 0.3 is 11.9 Å². The van der Waals surface area contributed by atoms with E-state index in [1.165, 1.54) is 18.4 Å². The molecule has 0 saturated carbocycles. The lowest BCUT2D eigenvalue weighted by Gasteiger charge is -2.07. The van der Waals surface area contributed by atoms with Gasteiger partial charge in [-0.25, -0.2) is 14.0 Å². The highest BCUT2D eigenvalue weighted by Gasteiger charge is 2.09. The minimum atomic E-state index is -0.732. The van der Waals surface area contributed by atoms with Crippen LogP contribution in [-0.2, 0) is 14.3 Å². The molecule has 132 valence electrons. The summed E-state index contributed by atoms with van der Waals surface area (Å²) in [6.45, 7) is 6.52. The van der Waals surface area contributed by atoms with Crippen molar-refractivity contribution < 1.29 is 28.2 Å². The number of hydrogen-bond acceptors (Lipinski definition) is 5. The molecule has 6 heteroatoms. The predicted octanol–water partition coefficient (Wildman–Crippen LogP) is 4.16. The fourth-order valence-electron chi connectivity index (χ4n) is 1.89. The first kappa shape index (κ1) is 18.7. The van der Waals surface area contributed by atoms with Gasteiger partial charge in [0.05, 0.1) is 0 Å². The number of carbonyl (C=O) groups is 2. The third-order valence-electron chi connectivity index (χ3n) is 3.11. The topological polar surface area (TPSA) is 61.8 Å². The van der Waals surface area contributed by atoms with E-state index in [2.05, 4.69) is 17.9 Å². The van der Waals surface area contributed by atoms with Gasteiger partial charge in [0.1, 0.15) is 18.3 Å². The van der Waals surface area contributed by atoms with E-state index in [0.29, 0.717) is 11.3 Å². The summed E-state index contributed by atoms with van der Waals surface area (Å²) in [5, 5.41) is 0. The van der Waals surface area contributed by atoms with E-state index in [-0.39, 0.29) is 5.75 Å². The van der Waals surface area contributed by atoms with Crippen LogP contribution in [0.5, 0.6) is 11.5 Å². The Hall–Kier alpha value is -3.67. The number of carbonyl (C=O) groups excluding carboxylic acids is 2. The van der Waals surface area contributed by atoms with Crippen molar-refractivity contribution in [2.75, 3.05) is 0 Å². The Morgan fingerprint density at radius 2 is 1.54 bits per heavy atom. The summed E-state index contributed by atoms with van der Waals surface area (Å²) in [5.74, 6) is -1.66. The molecule has 0 aromatic heterocycles. The first-order valence-electron chi connectivity index (χ1n) is 7.42. The van der Waals surface area contributed by atoms with Gasteiger partial charge < -0.3 is 14.2 Å². The summed E-state index contributed by atoms with van der Waals surface area (Å²) in [6, 6.07) is 11.0. The van der Waals surface area contributed by atoms with Crippen LogP contribution in [0.15, 0.2) is 80.3 Å². The number of esters is 2. The first-order chi connectivity index (χ1) is 12.5. The molecule has 0 unspecified atom stereocenters. The number of benzene rings is 2. The number of hydrogen-bond donors (Lipinski definition) is 0. The standard InChI is InChI=1S/C20H15FO5/c1-3-19(22)25-12-11-24-16-8-5-14(6-9-16)15-7-10-18(17(21)13-15)26-20(23)4-2/h3-13H,1-2H2/b12-11-. The molecule has 0 aliphatic heterocycles. The predicted molar refractivity (Wildman–Crippen MR) is 93.7 cm³/mol. The third-order valence-corrected chi connectivity index (χ3v) is 3.11. The third kappa shape index (κ3) is 5.17. The zero-order valence-electron chi connectivity index (χ0n) is 13.7. The highest BCUT2D eigenvalue weighted by Crippen LogP contribution is 2.27. The smallest absolute Gasteiger partial charge is 0.335 e. The molecule has 0 atom stereocenters. The van der Waals surface area contributed by atoms with Crippen LogP contribution in [0.1, 0.15) is 0 Å². The van der Waals surface area contributed by atoms with Crippen LogP contribution < -0.4 is 9.47 Å². The van der Waals surface area contributed by atoms with Crippen LogP contribution in [-0.4, -0.2) is 11.9 Å². The molecular weight excluding hydrogens is 339 g/mol. The van der Waals surface area contributed by atoms with Crippen molar-refractivity contribution in [2.24, 2.45) is 0 Å². The van der Waals surface area contributed by atoms with Gasteiger partial charge in [0.15, 0.2) is 11.6 Å². The fraction of sp³-hybridized carbons (Fsp3) is 0. The summed E-state index contributed by atoms with van der Waals surface area (Å²) in [7, 11) is 0. The lowest BCUT2D eigenvalue weighted by molar-refractivity contribution is -0.132. The molecule has 0 N–H and O–H groups in total. The van der Waals surface area contributed by atoms with E-state index >= 15 is 0 Å². The average molecular weight is 354 g/mol. The highest BCUT2D eigenvalue weighted by molar-refractivity contribution is 5.83. The summed E-state index contributed by atoms with van der Waals surface area (Å²) in [6.07, 6.45) is 4.29. The Balaban J connectivity index is 2.04. The molecule has 0 aliphatic carbocycles. The van der Waals surface area contributed by atoms with E-state index in [4.69, 9.17) is 9.47 Å². The van der Waals surface area contributed by atoms with Gasteiger partial charge in [-0.2, -0.15) is 0 Å². The van der Waals surface area contributed by atoms with E-state index in [1.807, 2.05) is 0 Å². The maximum absolute atomic E-state index is 14.0. The van der Waals surface area contributed by atoms with Crippen LogP contribution in [0.25, 0.3) is 11.1 Å². The van der Waals surface area contributed by atoms with Gasteiger partial charge in [-0.3, -0.25) is 0 Å². The molecule has 0 aliphatic rings.